The van der Waals surface area contributed by atoms with E-state index in [1.54, 1.807) is 12.1 Å². The van der Waals surface area contributed by atoms with E-state index in [0.717, 1.165) is 4.47 Å². The number of carbonyl (C=O) groups excluding carboxylic acids is 1. The lowest BCUT2D eigenvalue weighted by Gasteiger charge is -2.06. The number of nitrogens with zero attached hydrogens (tertiary/aromatic N) is 2. The number of hydrogen-bond donors (Lipinski definition) is 1. The highest BCUT2D eigenvalue weighted by atomic mass is 79.9. The van der Waals surface area contributed by atoms with E-state index in [0.29, 0.717) is 5.69 Å². The second-order valence-electron chi connectivity index (χ2n) is 3.60. The summed E-state index contributed by atoms with van der Waals surface area (Å²) in [6, 6.07) is 8.51. The molecule has 18 heavy (non-hydrogen) atoms. The van der Waals surface area contributed by atoms with Crippen LogP contribution in [0.3, 0.4) is 0 Å². The van der Waals surface area contributed by atoms with Crippen molar-refractivity contribution < 1.29 is 4.79 Å². The van der Waals surface area contributed by atoms with E-state index >= 15 is 0 Å². The van der Waals surface area contributed by atoms with Gasteiger partial charge in [-0.1, -0.05) is 15.9 Å². The second-order valence-corrected chi connectivity index (χ2v) is 4.52. The zero-order chi connectivity index (χ0) is 13.0. The van der Waals surface area contributed by atoms with Gasteiger partial charge >= 0.3 is 0 Å². The first-order chi connectivity index (χ1) is 8.65. The Kier molecular flexibility index (Phi) is 3.88. The number of carbonyl (C=O) groups is 1. The number of halogens is 1. The fraction of sp³-hybridized carbons (Fsp3) is 0.0833. The molecule has 0 aliphatic carbocycles. The van der Waals surface area contributed by atoms with Crippen molar-refractivity contribution in [3.8, 4) is 0 Å². The van der Waals surface area contributed by atoms with Gasteiger partial charge in [-0.3, -0.25) is 14.2 Å². The van der Waals surface area contributed by atoms with Crippen LogP contribution >= 0.6 is 15.9 Å². The van der Waals surface area contributed by atoms with Crippen molar-refractivity contribution in [3.05, 3.63) is 57.7 Å². The fourth-order valence-electron chi connectivity index (χ4n) is 1.39. The van der Waals surface area contributed by atoms with E-state index in [2.05, 4.69) is 26.2 Å². The van der Waals surface area contributed by atoms with Crippen LogP contribution in [0.4, 0.5) is 5.69 Å². The number of hydrogen-bond acceptors (Lipinski definition) is 3. The summed E-state index contributed by atoms with van der Waals surface area (Å²) in [6.45, 7) is -0.0528. The maximum Gasteiger partial charge on any atom is 0.253 e. The Morgan fingerprint density at radius 2 is 2.00 bits per heavy atom. The number of nitrogens with one attached hydrogen (secondary N) is 1. The molecule has 92 valence electrons. The van der Waals surface area contributed by atoms with Gasteiger partial charge in [0.15, 0.2) is 0 Å². The molecule has 0 saturated carbocycles. The molecule has 2 aromatic rings. The number of benzene rings is 1. The van der Waals surface area contributed by atoms with Gasteiger partial charge < -0.3 is 5.32 Å². The molecule has 1 amide bonds. The van der Waals surface area contributed by atoms with Gasteiger partial charge in [0.25, 0.3) is 5.56 Å². The Balaban J connectivity index is 2.03. The van der Waals surface area contributed by atoms with Crippen LogP contribution in [0.15, 0.2) is 52.1 Å². The van der Waals surface area contributed by atoms with Crippen LogP contribution in [-0.2, 0) is 11.3 Å². The Bertz CT molecular complexity index is 607. The van der Waals surface area contributed by atoms with Crippen molar-refractivity contribution in [2.75, 3.05) is 5.32 Å². The average Bonchev–Trinajstić information content (AvgIpc) is 2.35. The predicted octanol–water partition coefficient (Wildman–Crippen LogP) is 1.64. The molecule has 1 N–H and O–H groups in total. The molecule has 0 radical (unpaired) electrons. The normalized spacial score (nSPS) is 10.1. The molecule has 1 aromatic carbocycles. The maximum atomic E-state index is 11.7. The van der Waals surface area contributed by atoms with E-state index in [1.807, 2.05) is 12.1 Å². The highest BCUT2D eigenvalue weighted by molar-refractivity contribution is 9.10. The Morgan fingerprint density at radius 1 is 1.28 bits per heavy atom. The molecule has 0 aliphatic rings. The van der Waals surface area contributed by atoms with Crippen LogP contribution in [-0.4, -0.2) is 15.5 Å². The molecular weight excluding hydrogens is 298 g/mol. The summed E-state index contributed by atoms with van der Waals surface area (Å²) in [5.74, 6) is -0.271. The van der Waals surface area contributed by atoms with E-state index in [-0.39, 0.29) is 18.0 Å². The molecule has 0 aliphatic heterocycles. The standard InChI is InChI=1S/C12H10BrN3O2/c13-9-1-3-10(4-2-9)15-11(17)7-16-8-14-6-5-12(16)18/h1-6,8H,7H2,(H,15,17). The van der Waals surface area contributed by atoms with Crippen LogP contribution in [0, 0.1) is 0 Å². The molecule has 0 fully saturated rings. The molecular formula is C12H10BrN3O2. The summed E-state index contributed by atoms with van der Waals surface area (Å²) in [5, 5.41) is 2.70. The molecule has 2 rings (SSSR count). The third kappa shape index (κ3) is 3.27. The van der Waals surface area contributed by atoms with Crippen LogP contribution in [0.1, 0.15) is 0 Å². The number of rotatable bonds is 3. The first-order valence-corrected chi connectivity index (χ1v) is 6.00. The van der Waals surface area contributed by atoms with Gasteiger partial charge in [-0.2, -0.15) is 0 Å². The van der Waals surface area contributed by atoms with Crippen molar-refractivity contribution in [2.24, 2.45) is 0 Å². The topological polar surface area (TPSA) is 64.0 Å². The van der Waals surface area contributed by atoms with Gasteiger partial charge in [-0.05, 0) is 24.3 Å². The smallest absolute Gasteiger partial charge is 0.253 e. The summed E-state index contributed by atoms with van der Waals surface area (Å²) >= 11 is 3.31. The lowest BCUT2D eigenvalue weighted by Crippen LogP contribution is -2.26. The van der Waals surface area contributed by atoms with Crippen LogP contribution in [0.2, 0.25) is 0 Å². The zero-order valence-corrected chi connectivity index (χ0v) is 10.9. The zero-order valence-electron chi connectivity index (χ0n) is 9.34. The van der Waals surface area contributed by atoms with Crippen LogP contribution < -0.4 is 10.9 Å². The van der Waals surface area contributed by atoms with Gasteiger partial charge in [0.05, 0.1) is 6.33 Å². The lowest BCUT2D eigenvalue weighted by molar-refractivity contribution is -0.116. The van der Waals surface area contributed by atoms with Gasteiger partial charge in [0.1, 0.15) is 6.54 Å². The third-order valence-corrected chi connectivity index (χ3v) is 2.76. The lowest BCUT2D eigenvalue weighted by atomic mass is 10.3. The Labute approximate surface area is 112 Å². The van der Waals surface area contributed by atoms with E-state index in [9.17, 15) is 9.59 Å². The van der Waals surface area contributed by atoms with E-state index < -0.39 is 0 Å². The number of amides is 1. The minimum atomic E-state index is -0.271. The molecule has 6 heteroatoms. The summed E-state index contributed by atoms with van der Waals surface area (Å²) in [6.07, 6.45) is 2.73. The first kappa shape index (κ1) is 12.5. The fourth-order valence-corrected chi connectivity index (χ4v) is 1.65. The van der Waals surface area contributed by atoms with Gasteiger partial charge in [-0.25, -0.2) is 4.98 Å². The second kappa shape index (κ2) is 5.59. The van der Waals surface area contributed by atoms with Crippen molar-refractivity contribution in [1.29, 1.82) is 0 Å². The van der Waals surface area contributed by atoms with Gasteiger partial charge in [0, 0.05) is 22.4 Å². The summed E-state index contributed by atoms with van der Waals surface area (Å²) in [4.78, 5) is 26.9. The molecule has 1 heterocycles. The predicted molar refractivity (Wildman–Crippen MR) is 71.3 cm³/mol. The van der Waals surface area contributed by atoms with Crippen molar-refractivity contribution in [3.63, 3.8) is 0 Å². The summed E-state index contributed by atoms with van der Waals surface area (Å²) in [7, 11) is 0. The van der Waals surface area contributed by atoms with Gasteiger partial charge in [0.2, 0.25) is 5.91 Å². The van der Waals surface area contributed by atoms with E-state index in [1.165, 1.54) is 23.2 Å². The largest absolute Gasteiger partial charge is 0.325 e. The minimum absolute atomic E-state index is 0.0528. The van der Waals surface area contributed by atoms with Crippen molar-refractivity contribution >= 4 is 27.5 Å². The maximum absolute atomic E-state index is 11.7. The summed E-state index contributed by atoms with van der Waals surface area (Å²) < 4.78 is 2.18. The molecule has 0 atom stereocenters. The molecule has 5 nitrogen and oxygen atoms in total. The quantitative estimate of drug-likeness (QED) is 0.937. The highest BCUT2D eigenvalue weighted by Crippen LogP contribution is 2.13. The molecule has 0 unspecified atom stereocenters. The number of anilines is 1. The Morgan fingerprint density at radius 3 is 2.67 bits per heavy atom. The SMILES string of the molecule is O=C(Cn1cnccc1=O)Nc1ccc(Br)cc1. The third-order valence-electron chi connectivity index (χ3n) is 2.23. The van der Waals surface area contributed by atoms with Crippen LogP contribution in [0.5, 0.6) is 0 Å². The van der Waals surface area contributed by atoms with Crippen molar-refractivity contribution in [2.45, 2.75) is 6.54 Å². The molecule has 0 bridgehead atoms. The van der Waals surface area contributed by atoms with Gasteiger partial charge in [-0.15, -0.1) is 0 Å². The molecule has 0 spiro atoms. The van der Waals surface area contributed by atoms with E-state index in [4.69, 9.17) is 0 Å². The monoisotopic (exact) mass is 307 g/mol. The average molecular weight is 308 g/mol. The highest BCUT2D eigenvalue weighted by Gasteiger charge is 2.04. The number of aromatic nitrogens is 2. The molecule has 1 aromatic heterocycles. The minimum Gasteiger partial charge on any atom is -0.325 e. The van der Waals surface area contributed by atoms with Crippen molar-refractivity contribution in [1.82, 2.24) is 9.55 Å². The molecule has 0 saturated heterocycles. The first-order valence-electron chi connectivity index (χ1n) is 5.21. The Hall–Kier alpha value is -1.95. The van der Waals surface area contributed by atoms with Crippen LogP contribution in [0.25, 0.3) is 0 Å². The summed E-state index contributed by atoms with van der Waals surface area (Å²) in [5.41, 5.74) is 0.427.